The maximum atomic E-state index is 9.97. The highest BCUT2D eigenvalue weighted by Crippen LogP contribution is 2.27. The molecule has 0 heterocycles. The first kappa shape index (κ1) is 13.8. The number of nitrogens with zero attached hydrogens (tertiary/aromatic N) is 1. The van der Waals surface area contributed by atoms with Crippen LogP contribution in [0.5, 0.6) is 11.5 Å². The summed E-state index contributed by atoms with van der Waals surface area (Å²) in [5.41, 5.74) is 2.99. The number of nitriles is 1. The van der Waals surface area contributed by atoms with Gasteiger partial charge in [-0.25, -0.2) is 0 Å². The summed E-state index contributed by atoms with van der Waals surface area (Å²) in [5.74, 6) is 0.906. The van der Waals surface area contributed by atoms with E-state index < -0.39 is 0 Å². The Morgan fingerprint density at radius 2 is 2.10 bits per heavy atom. The maximum absolute atomic E-state index is 9.97. The van der Waals surface area contributed by atoms with Gasteiger partial charge in [0.25, 0.3) is 0 Å². The van der Waals surface area contributed by atoms with E-state index in [1.54, 1.807) is 25.3 Å². The SMILES string of the molecule is COc1cc(C#N)ccc1NCc1cccc(C)c1O. The number of ether oxygens (including phenoxy) is 1. The lowest BCUT2D eigenvalue weighted by molar-refractivity contribution is 0.416. The number of rotatable bonds is 4. The van der Waals surface area contributed by atoms with Crippen molar-refractivity contribution in [3.05, 3.63) is 53.1 Å². The number of nitrogens with one attached hydrogen (secondary N) is 1. The molecule has 0 aliphatic rings. The van der Waals surface area contributed by atoms with Crippen molar-refractivity contribution in [2.45, 2.75) is 13.5 Å². The summed E-state index contributed by atoms with van der Waals surface area (Å²) in [6.45, 7) is 2.34. The fraction of sp³-hybridized carbons (Fsp3) is 0.188. The Bertz CT molecular complexity index is 660. The molecule has 0 unspecified atom stereocenters. The van der Waals surface area contributed by atoms with Crippen molar-refractivity contribution in [2.24, 2.45) is 0 Å². The van der Waals surface area contributed by atoms with Gasteiger partial charge in [-0.05, 0) is 24.6 Å². The summed E-state index contributed by atoms with van der Waals surface area (Å²) >= 11 is 0. The minimum Gasteiger partial charge on any atom is -0.507 e. The minimum absolute atomic E-state index is 0.299. The van der Waals surface area contributed by atoms with Crippen LogP contribution in [0, 0.1) is 18.3 Å². The Kier molecular flexibility index (Phi) is 4.11. The van der Waals surface area contributed by atoms with Crippen molar-refractivity contribution in [3.8, 4) is 17.6 Å². The van der Waals surface area contributed by atoms with Gasteiger partial charge in [0.15, 0.2) is 0 Å². The highest BCUT2D eigenvalue weighted by atomic mass is 16.5. The van der Waals surface area contributed by atoms with Crippen molar-refractivity contribution in [1.29, 1.82) is 5.26 Å². The van der Waals surface area contributed by atoms with Gasteiger partial charge < -0.3 is 15.2 Å². The number of hydrogen-bond donors (Lipinski definition) is 2. The quantitative estimate of drug-likeness (QED) is 0.893. The van der Waals surface area contributed by atoms with Crippen LogP contribution in [-0.2, 0) is 6.54 Å². The molecule has 0 atom stereocenters. The number of phenols is 1. The second-order valence-electron chi connectivity index (χ2n) is 4.46. The van der Waals surface area contributed by atoms with Crippen molar-refractivity contribution in [2.75, 3.05) is 12.4 Å². The predicted octanol–water partition coefficient (Wildman–Crippen LogP) is 3.19. The van der Waals surface area contributed by atoms with Crippen LogP contribution in [0.3, 0.4) is 0 Å². The summed E-state index contributed by atoms with van der Waals surface area (Å²) in [7, 11) is 1.56. The number of aryl methyl sites for hydroxylation is 1. The minimum atomic E-state index is 0.299. The Morgan fingerprint density at radius 3 is 2.80 bits per heavy atom. The maximum Gasteiger partial charge on any atom is 0.143 e. The van der Waals surface area contributed by atoms with E-state index in [4.69, 9.17) is 10.00 Å². The molecule has 0 bridgehead atoms. The summed E-state index contributed by atoms with van der Waals surface area (Å²) in [5, 5.41) is 22.0. The fourth-order valence-electron chi connectivity index (χ4n) is 1.96. The van der Waals surface area contributed by atoms with Gasteiger partial charge in [-0.1, -0.05) is 18.2 Å². The lowest BCUT2D eigenvalue weighted by atomic mass is 10.1. The van der Waals surface area contributed by atoms with Crippen molar-refractivity contribution in [3.63, 3.8) is 0 Å². The average Bonchev–Trinajstić information content (AvgIpc) is 2.48. The van der Waals surface area contributed by atoms with Gasteiger partial charge in [0.1, 0.15) is 11.5 Å². The molecule has 0 fully saturated rings. The topological polar surface area (TPSA) is 65.3 Å². The number of phenolic OH excluding ortho intramolecular Hbond substituents is 1. The molecule has 0 spiro atoms. The monoisotopic (exact) mass is 268 g/mol. The van der Waals surface area contributed by atoms with Gasteiger partial charge in [-0.3, -0.25) is 0 Å². The van der Waals surface area contributed by atoms with Crippen LogP contribution < -0.4 is 10.1 Å². The van der Waals surface area contributed by atoms with Gasteiger partial charge in [-0.15, -0.1) is 0 Å². The van der Waals surface area contributed by atoms with E-state index in [0.717, 1.165) is 16.8 Å². The van der Waals surface area contributed by atoms with Crippen molar-refractivity contribution < 1.29 is 9.84 Å². The fourth-order valence-corrected chi connectivity index (χ4v) is 1.96. The summed E-state index contributed by atoms with van der Waals surface area (Å²) in [6, 6.07) is 12.9. The summed E-state index contributed by atoms with van der Waals surface area (Å²) in [6.07, 6.45) is 0. The molecule has 4 nitrogen and oxygen atoms in total. The third-order valence-corrected chi connectivity index (χ3v) is 3.12. The highest BCUT2D eigenvalue weighted by molar-refractivity contribution is 5.60. The van der Waals surface area contributed by atoms with Crippen LogP contribution >= 0.6 is 0 Å². The van der Waals surface area contributed by atoms with E-state index in [1.165, 1.54) is 0 Å². The van der Waals surface area contributed by atoms with E-state index in [2.05, 4.69) is 11.4 Å². The molecular weight excluding hydrogens is 252 g/mol. The van der Waals surface area contributed by atoms with Gasteiger partial charge in [0, 0.05) is 18.2 Å². The van der Waals surface area contributed by atoms with Crippen LogP contribution in [0.2, 0.25) is 0 Å². The first-order valence-electron chi connectivity index (χ1n) is 6.25. The van der Waals surface area contributed by atoms with Crippen LogP contribution in [0.4, 0.5) is 5.69 Å². The smallest absolute Gasteiger partial charge is 0.143 e. The van der Waals surface area contributed by atoms with Crippen LogP contribution in [0.25, 0.3) is 0 Å². The third-order valence-electron chi connectivity index (χ3n) is 3.12. The Hall–Kier alpha value is -2.67. The summed E-state index contributed by atoms with van der Waals surface area (Å²) in [4.78, 5) is 0. The third kappa shape index (κ3) is 2.83. The van der Waals surface area contributed by atoms with E-state index in [0.29, 0.717) is 23.6 Å². The van der Waals surface area contributed by atoms with Gasteiger partial charge in [0.05, 0.1) is 24.4 Å². The van der Waals surface area contributed by atoms with E-state index in [9.17, 15) is 5.11 Å². The average molecular weight is 268 g/mol. The zero-order chi connectivity index (χ0) is 14.5. The molecule has 2 rings (SSSR count). The van der Waals surface area contributed by atoms with Crippen LogP contribution in [0.15, 0.2) is 36.4 Å². The second-order valence-corrected chi connectivity index (χ2v) is 4.46. The molecule has 0 saturated carbocycles. The van der Waals surface area contributed by atoms with E-state index in [-0.39, 0.29) is 0 Å². The van der Waals surface area contributed by atoms with Gasteiger partial charge >= 0.3 is 0 Å². The Labute approximate surface area is 118 Å². The first-order valence-corrected chi connectivity index (χ1v) is 6.25. The van der Waals surface area contributed by atoms with Crippen LogP contribution in [-0.4, -0.2) is 12.2 Å². The summed E-state index contributed by atoms with van der Waals surface area (Å²) < 4.78 is 5.25. The molecule has 0 saturated heterocycles. The van der Waals surface area contributed by atoms with Crippen molar-refractivity contribution >= 4 is 5.69 Å². The number of anilines is 1. The van der Waals surface area contributed by atoms with Crippen molar-refractivity contribution in [1.82, 2.24) is 0 Å². The molecular formula is C16H16N2O2. The molecule has 2 aromatic rings. The van der Waals surface area contributed by atoms with Crippen LogP contribution in [0.1, 0.15) is 16.7 Å². The number of methoxy groups -OCH3 is 1. The Balaban J connectivity index is 2.19. The van der Waals surface area contributed by atoms with E-state index >= 15 is 0 Å². The lowest BCUT2D eigenvalue weighted by Gasteiger charge is -2.13. The molecule has 0 radical (unpaired) electrons. The normalized spacial score (nSPS) is 9.85. The molecule has 102 valence electrons. The highest BCUT2D eigenvalue weighted by Gasteiger charge is 2.07. The van der Waals surface area contributed by atoms with Gasteiger partial charge in [-0.2, -0.15) is 5.26 Å². The molecule has 2 aromatic carbocycles. The lowest BCUT2D eigenvalue weighted by Crippen LogP contribution is -2.02. The molecule has 2 N–H and O–H groups in total. The molecule has 0 aliphatic heterocycles. The number of aromatic hydroxyl groups is 1. The Morgan fingerprint density at radius 1 is 1.30 bits per heavy atom. The largest absolute Gasteiger partial charge is 0.507 e. The predicted molar refractivity (Wildman–Crippen MR) is 77.9 cm³/mol. The van der Waals surface area contributed by atoms with Gasteiger partial charge in [0.2, 0.25) is 0 Å². The first-order chi connectivity index (χ1) is 9.65. The number of hydrogen-bond acceptors (Lipinski definition) is 4. The molecule has 0 amide bonds. The second kappa shape index (κ2) is 5.98. The zero-order valence-corrected chi connectivity index (χ0v) is 11.5. The molecule has 0 aromatic heterocycles. The zero-order valence-electron chi connectivity index (χ0n) is 11.5. The number of para-hydroxylation sites is 1. The molecule has 20 heavy (non-hydrogen) atoms. The number of benzene rings is 2. The standard InChI is InChI=1S/C16H16N2O2/c1-11-4-3-5-13(16(11)19)10-18-14-7-6-12(9-17)8-15(14)20-2/h3-8,18-19H,10H2,1-2H3. The van der Waals surface area contributed by atoms with E-state index in [1.807, 2.05) is 25.1 Å². The molecule has 4 heteroatoms. The molecule has 0 aliphatic carbocycles.